The molecule has 150 valence electrons. The Morgan fingerprint density at radius 1 is 1.03 bits per heavy atom. The highest BCUT2D eigenvalue weighted by Gasteiger charge is 2.22. The lowest BCUT2D eigenvalue weighted by Gasteiger charge is -2.35. The van der Waals surface area contributed by atoms with Crippen molar-refractivity contribution in [2.45, 2.75) is 6.04 Å². The number of carbonyl (C=O) groups is 1. The molecule has 1 aliphatic rings. The van der Waals surface area contributed by atoms with E-state index in [1.807, 2.05) is 48.5 Å². The van der Waals surface area contributed by atoms with Crippen LogP contribution in [0.4, 0.5) is 0 Å². The molecule has 1 saturated heterocycles. The van der Waals surface area contributed by atoms with Crippen molar-refractivity contribution in [2.24, 2.45) is 0 Å². The van der Waals surface area contributed by atoms with E-state index in [1.165, 1.54) is 11.3 Å². The molecule has 0 aliphatic carbocycles. The van der Waals surface area contributed by atoms with Gasteiger partial charge in [-0.2, -0.15) is 0 Å². The number of hydrogen-bond acceptors (Lipinski definition) is 5. The van der Waals surface area contributed by atoms with Gasteiger partial charge in [-0.1, -0.05) is 60.7 Å². The van der Waals surface area contributed by atoms with E-state index in [0.29, 0.717) is 4.88 Å². The van der Waals surface area contributed by atoms with Crippen LogP contribution in [0.15, 0.2) is 66.9 Å². The lowest BCUT2D eigenvalue weighted by Crippen LogP contribution is -2.47. The van der Waals surface area contributed by atoms with Gasteiger partial charge in [0.2, 0.25) is 0 Å². The van der Waals surface area contributed by atoms with Crippen LogP contribution in [-0.4, -0.2) is 60.5 Å². The number of nitrogens with one attached hydrogen (secondary N) is 1. The summed E-state index contributed by atoms with van der Waals surface area (Å²) in [4.78, 5) is 22.9. The molecule has 5 nitrogen and oxygen atoms in total. The third-order valence-electron chi connectivity index (χ3n) is 5.29. The van der Waals surface area contributed by atoms with Crippen molar-refractivity contribution in [3.8, 4) is 10.6 Å². The molecule has 4 rings (SSSR count). The molecule has 1 N–H and O–H groups in total. The quantitative estimate of drug-likeness (QED) is 0.680. The Kier molecular flexibility index (Phi) is 6.34. The maximum absolute atomic E-state index is 13.0. The predicted molar refractivity (Wildman–Crippen MR) is 118 cm³/mol. The number of amides is 1. The monoisotopic (exact) mass is 406 g/mol. The molecule has 2 heterocycles. The lowest BCUT2D eigenvalue weighted by atomic mass is 10.1. The van der Waals surface area contributed by atoms with Gasteiger partial charge >= 0.3 is 0 Å². The summed E-state index contributed by atoms with van der Waals surface area (Å²) in [6.07, 6.45) is 1.68. The summed E-state index contributed by atoms with van der Waals surface area (Å²) < 4.78 is 0. The van der Waals surface area contributed by atoms with Crippen LogP contribution in [0.25, 0.3) is 10.6 Å². The second-order valence-electron chi connectivity index (χ2n) is 7.44. The fourth-order valence-electron chi connectivity index (χ4n) is 3.53. The van der Waals surface area contributed by atoms with Gasteiger partial charge in [0.25, 0.3) is 5.91 Å². The molecule has 6 heteroatoms. The van der Waals surface area contributed by atoms with E-state index in [2.05, 4.69) is 39.3 Å². The number of rotatable bonds is 6. The van der Waals surface area contributed by atoms with Crippen LogP contribution in [0.1, 0.15) is 21.3 Å². The Morgan fingerprint density at radius 3 is 2.38 bits per heavy atom. The number of benzene rings is 2. The van der Waals surface area contributed by atoms with Crippen molar-refractivity contribution in [1.29, 1.82) is 0 Å². The predicted octanol–water partition coefficient (Wildman–Crippen LogP) is 3.53. The number of likely N-dealkylation sites (N-methyl/N-ethyl adjacent to an activating group) is 1. The van der Waals surface area contributed by atoms with Gasteiger partial charge in [0.15, 0.2) is 0 Å². The Bertz CT molecular complexity index is 920. The van der Waals surface area contributed by atoms with Gasteiger partial charge in [0, 0.05) is 38.3 Å². The van der Waals surface area contributed by atoms with Crippen LogP contribution in [0.2, 0.25) is 0 Å². The largest absolute Gasteiger partial charge is 0.343 e. The summed E-state index contributed by atoms with van der Waals surface area (Å²) in [7, 11) is 2.15. The van der Waals surface area contributed by atoms with E-state index in [1.54, 1.807) is 6.20 Å². The summed E-state index contributed by atoms with van der Waals surface area (Å²) in [6, 6.07) is 20.2. The molecule has 1 amide bonds. The Morgan fingerprint density at radius 2 is 1.69 bits per heavy atom. The van der Waals surface area contributed by atoms with E-state index < -0.39 is 0 Å². The number of aromatic nitrogens is 1. The van der Waals surface area contributed by atoms with Gasteiger partial charge in [0.05, 0.1) is 12.2 Å². The first-order valence-electron chi connectivity index (χ1n) is 9.97. The highest BCUT2D eigenvalue weighted by molar-refractivity contribution is 7.16. The van der Waals surface area contributed by atoms with Gasteiger partial charge < -0.3 is 10.2 Å². The highest BCUT2D eigenvalue weighted by Crippen LogP contribution is 2.25. The minimum atomic E-state index is -0.0624. The van der Waals surface area contributed by atoms with Crippen LogP contribution in [-0.2, 0) is 0 Å². The molecule has 1 atom stereocenters. The van der Waals surface area contributed by atoms with Crippen LogP contribution < -0.4 is 5.32 Å². The van der Waals surface area contributed by atoms with Gasteiger partial charge in [0.1, 0.15) is 9.88 Å². The van der Waals surface area contributed by atoms with Crippen molar-refractivity contribution < 1.29 is 4.79 Å². The van der Waals surface area contributed by atoms with E-state index in [4.69, 9.17) is 0 Å². The molecule has 0 radical (unpaired) electrons. The molecule has 1 aromatic heterocycles. The maximum Gasteiger partial charge on any atom is 0.263 e. The SMILES string of the molecule is CN1CCN(CC(NC(=O)c2cnc(-c3ccccc3)s2)c2ccccc2)CC1. The molecule has 1 aliphatic heterocycles. The summed E-state index contributed by atoms with van der Waals surface area (Å²) in [5.74, 6) is -0.0624. The third kappa shape index (κ3) is 5.09. The standard InChI is InChI=1S/C23H26N4OS/c1-26-12-14-27(15-13-26)17-20(18-8-4-2-5-9-18)25-22(28)21-16-24-23(29-21)19-10-6-3-7-11-19/h2-11,16,20H,12-15,17H2,1H3,(H,25,28). The Balaban J connectivity index is 1.48. The molecule has 1 fully saturated rings. The van der Waals surface area contributed by atoms with Crippen LogP contribution in [0.5, 0.6) is 0 Å². The molecular formula is C23H26N4OS. The van der Waals surface area contributed by atoms with Crippen molar-refractivity contribution in [3.05, 3.63) is 77.3 Å². The summed E-state index contributed by atoms with van der Waals surface area (Å²) in [5, 5.41) is 4.12. The first-order valence-corrected chi connectivity index (χ1v) is 10.8. The van der Waals surface area contributed by atoms with Crippen molar-refractivity contribution in [3.63, 3.8) is 0 Å². The van der Waals surface area contributed by atoms with Crippen LogP contribution in [0.3, 0.4) is 0 Å². The van der Waals surface area contributed by atoms with Gasteiger partial charge in [-0.3, -0.25) is 9.69 Å². The van der Waals surface area contributed by atoms with Gasteiger partial charge in [-0.05, 0) is 12.6 Å². The van der Waals surface area contributed by atoms with Crippen LogP contribution in [0, 0.1) is 0 Å². The van der Waals surface area contributed by atoms with Crippen LogP contribution >= 0.6 is 11.3 Å². The molecule has 0 bridgehead atoms. The topological polar surface area (TPSA) is 48.5 Å². The summed E-state index contributed by atoms with van der Waals surface area (Å²) in [6.45, 7) is 4.98. The molecular weight excluding hydrogens is 380 g/mol. The molecule has 0 spiro atoms. The zero-order valence-corrected chi connectivity index (χ0v) is 17.4. The first kappa shape index (κ1) is 19.8. The first-order chi connectivity index (χ1) is 14.2. The van der Waals surface area contributed by atoms with E-state index >= 15 is 0 Å². The van der Waals surface area contributed by atoms with Gasteiger partial charge in [-0.15, -0.1) is 11.3 Å². The smallest absolute Gasteiger partial charge is 0.263 e. The summed E-state index contributed by atoms with van der Waals surface area (Å²) >= 11 is 1.43. The zero-order chi connectivity index (χ0) is 20.1. The average Bonchev–Trinajstić information content (AvgIpc) is 3.26. The van der Waals surface area contributed by atoms with E-state index in [9.17, 15) is 4.79 Å². The van der Waals surface area contributed by atoms with Crippen molar-refractivity contribution in [2.75, 3.05) is 39.8 Å². The summed E-state index contributed by atoms with van der Waals surface area (Å²) in [5.41, 5.74) is 2.17. The molecule has 3 aromatic rings. The fourth-order valence-corrected chi connectivity index (χ4v) is 4.36. The molecule has 1 unspecified atom stereocenters. The number of carbonyl (C=O) groups excluding carboxylic acids is 1. The third-order valence-corrected chi connectivity index (χ3v) is 6.34. The lowest BCUT2D eigenvalue weighted by molar-refractivity contribution is 0.0911. The second kappa shape index (κ2) is 9.31. The van der Waals surface area contributed by atoms with Crippen molar-refractivity contribution in [1.82, 2.24) is 20.1 Å². The number of thiazole rings is 1. The zero-order valence-electron chi connectivity index (χ0n) is 16.6. The Labute approximate surface area is 176 Å². The minimum absolute atomic E-state index is 0.0469. The van der Waals surface area contributed by atoms with E-state index in [-0.39, 0.29) is 11.9 Å². The normalized spacial score (nSPS) is 16.4. The number of hydrogen-bond donors (Lipinski definition) is 1. The van der Waals surface area contributed by atoms with Gasteiger partial charge in [-0.25, -0.2) is 4.98 Å². The number of piperazine rings is 1. The molecule has 2 aromatic carbocycles. The molecule has 0 saturated carbocycles. The molecule has 29 heavy (non-hydrogen) atoms. The second-order valence-corrected chi connectivity index (χ2v) is 8.47. The maximum atomic E-state index is 13.0. The highest BCUT2D eigenvalue weighted by atomic mass is 32.1. The van der Waals surface area contributed by atoms with E-state index in [0.717, 1.165) is 48.9 Å². The fraction of sp³-hybridized carbons (Fsp3) is 0.304. The average molecular weight is 407 g/mol. The number of nitrogens with zero attached hydrogens (tertiary/aromatic N) is 3. The Hall–Kier alpha value is -2.54. The minimum Gasteiger partial charge on any atom is -0.343 e. The van der Waals surface area contributed by atoms with Crippen molar-refractivity contribution >= 4 is 17.2 Å².